The van der Waals surface area contributed by atoms with Crippen LogP contribution in [0.1, 0.15) is 36.2 Å². The van der Waals surface area contributed by atoms with Crippen molar-refractivity contribution >= 4 is 50.2 Å². The number of anilines is 1. The summed E-state index contributed by atoms with van der Waals surface area (Å²) in [5.41, 5.74) is 7.62. The summed E-state index contributed by atoms with van der Waals surface area (Å²) in [5, 5.41) is 5.70. The predicted molar refractivity (Wildman–Crippen MR) is 95.6 cm³/mol. The van der Waals surface area contributed by atoms with Crippen LogP contribution in [-0.2, 0) is 0 Å². The van der Waals surface area contributed by atoms with Crippen molar-refractivity contribution in [1.29, 1.82) is 0 Å². The first-order chi connectivity index (χ1) is 9.61. The molecule has 1 aromatic heterocycles. The van der Waals surface area contributed by atoms with Gasteiger partial charge in [-0.15, -0.1) is 11.3 Å². The minimum absolute atomic E-state index is 0.350. The molecule has 0 saturated carbocycles. The number of halogens is 1. The third kappa shape index (κ3) is 3.81. The van der Waals surface area contributed by atoms with Gasteiger partial charge in [0.15, 0.2) is 0 Å². The second-order valence-corrected chi connectivity index (χ2v) is 6.83. The molecule has 0 fully saturated rings. The molecule has 0 amide bonds. The van der Waals surface area contributed by atoms with Gasteiger partial charge in [0, 0.05) is 20.6 Å². The van der Waals surface area contributed by atoms with Gasteiger partial charge in [-0.1, -0.05) is 31.6 Å². The Bertz CT molecular complexity index is 582. The molecule has 0 spiro atoms. The zero-order chi connectivity index (χ0) is 14.5. The summed E-state index contributed by atoms with van der Waals surface area (Å²) >= 11 is 10.3. The highest BCUT2D eigenvalue weighted by Gasteiger charge is 2.12. The van der Waals surface area contributed by atoms with E-state index in [1.807, 2.05) is 18.2 Å². The first-order valence-electron chi connectivity index (χ1n) is 6.51. The van der Waals surface area contributed by atoms with E-state index in [1.54, 1.807) is 11.3 Å². The average Bonchev–Trinajstić information content (AvgIpc) is 2.91. The molecule has 20 heavy (non-hydrogen) atoms. The highest BCUT2D eigenvalue weighted by Crippen LogP contribution is 2.29. The zero-order valence-electron chi connectivity index (χ0n) is 11.2. The Kier molecular flexibility index (Phi) is 5.57. The van der Waals surface area contributed by atoms with Gasteiger partial charge in [0.1, 0.15) is 4.99 Å². The molecule has 1 heterocycles. The molecular formula is C15H17BrN2S2. The van der Waals surface area contributed by atoms with Crippen LogP contribution in [0.5, 0.6) is 0 Å². The molecular weight excluding hydrogens is 352 g/mol. The lowest BCUT2D eigenvalue weighted by Gasteiger charge is -2.19. The van der Waals surface area contributed by atoms with E-state index < -0.39 is 0 Å². The van der Waals surface area contributed by atoms with Gasteiger partial charge in [0.25, 0.3) is 0 Å². The highest BCUT2D eigenvalue weighted by molar-refractivity contribution is 9.10. The Morgan fingerprint density at radius 3 is 2.80 bits per heavy atom. The number of thiocarbonyl (C=S) groups is 1. The lowest BCUT2D eigenvalue weighted by atomic mass is 10.1. The number of nitrogens with two attached hydrogens (primary N) is 1. The summed E-state index contributed by atoms with van der Waals surface area (Å²) in [4.78, 5) is 1.77. The summed E-state index contributed by atoms with van der Waals surface area (Å²) in [6.45, 7) is 2.20. The quantitative estimate of drug-likeness (QED) is 0.696. The molecule has 0 radical (unpaired) electrons. The Hall–Kier alpha value is -0.910. The lowest BCUT2D eigenvalue weighted by Crippen LogP contribution is -2.12. The van der Waals surface area contributed by atoms with Crippen LogP contribution in [0.2, 0.25) is 0 Å². The molecule has 0 aliphatic heterocycles. The summed E-state index contributed by atoms with van der Waals surface area (Å²) in [7, 11) is 0. The maximum absolute atomic E-state index is 5.67. The summed E-state index contributed by atoms with van der Waals surface area (Å²) in [5.74, 6) is 0. The Morgan fingerprint density at radius 2 is 2.25 bits per heavy atom. The largest absolute Gasteiger partial charge is 0.389 e. The molecule has 5 heteroatoms. The fourth-order valence-corrected chi connectivity index (χ4v) is 3.78. The van der Waals surface area contributed by atoms with Crippen LogP contribution in [0.3, 0.4) is 0 Å². The van der Waals surface area contributed by atoms with Crippen molar-refractivity contribution < 1.29 is 0 Å². The van der Waals surface area contributed by atoms with Gasteiger partial charge in [0.2, 0.25) is 0 Å². The van der Waals surface area contributed by atoms with Gasteiger partial charge in [-0.05, 0) is 52.0 Å². The summed E-state index contributed by atoms with van der Waals surface area (Å²) in [6.07, 6.45) is 2.25. The first-order valence-corrected chi connectivity index (χ1v) is 8.59. The second-order valence-electron chi connectivity index (χ2n) is 4.56. The van der Waals surface area contributed by atoms with Gasteiger partial charge in [0.05, 0.1) is 6.04 Å². The van der Waals surface area contributed by atoms with Crippen LogP contribution < -0.4 is 11.1 Å². The topological polar surface area (TPSA) is 38.0 Å². The van der Waals surface area contributed by atoms with Crippen LogP contribution in [0, 0.1) is 0 Å². The molecule has 106 valence electrons. The van der Waals surface area contributed by atoms with E-state index in [4.69, 9.17) is 18.0 Å². The van der Waals surface area contributed by atoms with E-state index in [0.29, 0.717) is 11.0 Å². The van der Waals surface area contributed by atoms with Gasteiger partial charge in [-0.3, -0.25) is 0 Å². The summed E-state index contributed by atoms with van der Waals surface area (Å²) < 4.78 is 0.927. The Morgan fingerprint density at radius 1 is 1.45 bits per heavy atom. The molecule has 1 unspecified atom stereocenters. The van der Waals surface area contributed by atoms with E-state index in [9.17, 15) is 0 Å². The fraction of sp³-hybridized carbons (Fsp3) is 0.267. The maximum Gasteiger partial charge on any atom is 0.105 e. The van der Waals surface area contributed by atoms with Crippen molar-refractivity contribution in [1.82, 2.24) is 0 Å². The molecule has 1 aromatic carbocycles. The molecule has 0 saturated heterocycles. The van der Waals surface area contributed by atoms with Crippen LogP contribution in [0.4, 0.5) is 5.69 Å². The van der Waals surface area contributed by atoms with Crippen LogP contribution >= 0.6 is 39.5 Å². The SMILES string of the molecule is CCCC(Nc1ccc(C(N)=S)c(Br)c1)c1cccs1. The zero-order valence-corrected chi connectivity index (χ0v) is 14.4. The summed E-state index contributed by atoms with van der Waals surface area (Å²) in [6, 6.07) is 10.6. The van der Waals surface area contributed by atoms with Gasteiger partial charge in [-0.2, -0.15) is 0 Å². The van der Waals surface area contributed by atoms with E-state index in [0.717, 1.165) is 28.6 Å². The van der Waals surface area contributed by atoms with Gasteiger partial charge in [-0.25, -0.2) is 0 Å². The van der Waals surface area contributed by atoms with Crippen LogP contribution in [0.25, 0.3) is 0 Å². The third-order valence-corrected chi connectivity index (χ3v) is 4.90. The molecule has 0 aliphatic rings. The number of nitrogens with one attached hydrogen (secondary N) is 1. The lowest BCUT2D eigenvalue weighted by molar-refractivity contribution is 0.687. The maximum atomic E-state index is 5.67. The van der Waals surface area contributed by atoms with Crippen molar-refractivity contribution in [3.8, 4) is 0 Å². The predicted octanol–water partition coefficient (Wildman–Crippen LogP) is 5.10. The third-order valence-electron chi connectivity index (χ3n) is 3.04. The first kappa shape index (κ1) is 15.5. The van der Waals surface area contributed by atoms with Crippen LogP contribution in [0.15, 0.2) is 40.2 Å². The monoisotopic (exact) mass is 368 g/mol. The number of thiophene rings is 1. The van der Waals surface area contributed by atoms with Crippen molar-refractivity contribution in [2.45, 2.75) is 25.8 Å². The van der Waals surface area contributed by atoms with Crippen molar-refractivity contribution in [2.24, 2.45) is 5.73 Å². The molecule has 2 aromatic rings. The fourth-order valence-electron chi connectivity index (χ4n) is 2.07. The number of benzene rings is 1. The smallest absolute Gasteiger partial charge is 0.105 e. The minimum Gasteiger partial charge on any atom is -0.389 e. The molecule has 0 bridgehead atoms. The van der Waals surface area contributed by atoms with Crippen LogP contribution in [-0.4, -0.2) is 4.99 Å². The second kappa shape index (κ2) is 7.20. The van der Waals surface area contributed by atoms with Gasteiger partial charge < -0.3 is 11.1 Å². The van der Waals surface area contributed by atoms with Crippen molar-refractivity contribution in [3.63, 3.8) is 0 Å². The number of hydrogen-bond acceptors (Lipinski definition) is 3. The Labute approximate surface area is 137 Å². The van der Waals surface area contributed by atoms with E-state index in [-0.39, 0.29) is 0 Å². The highest BCUT2D eigenvalue weighted by atomic mass is 79.9. The number of rotatable bonds is 6. The molecule has 3 N–H and O–H groups in total. The molecule has 0 aliphatic carbocycles. The average molecular weight is 369 g/mol. The molecule has 2 rings (SSSR count). The van der Waals surface area contributed by atoms with Gasteiger partial charge >= 0.3 is 0 Å². The minimum atomic E-state index is 0.350. The van der Waals surface area contributed by atoms with Crippen molar-refractivity contribution in [3.05, 3.63) is 50.6 Å². The number of hydrogen-bond donors (Lipinski definition) is 2. The standard InChI is InChI=1S/C15H17BrN2S2/c1-2-4-13(14-5-3-8-20-14)18-10-6-7-11(15(17)19)12(16)9-10/h3,5-9,13,18H,2,4H2,1H3,(H2,17,19). The van der Waals surface area contributed by atoms with E-state index >= 15 is 0 Å². The van der Waals surface area contributed by atoms with E-state index in [1.165, 1.54) is 4.88 Å². The van der Waals surface area contributed by atoms with Crippen molar-refractivity contribution in [2.75, 3.05) is 5.32 Å². The Balaban J connectivity index is 2.19. The van der Waals surface area contributed by atoms with E-state index in [2.05, 4.69) is 45.7 Å². The molecule has 2 nitrogen and oxygen atoms in total. The normalized spacial score (nSPS) is 12.1. The molecule has 1 atom stereocenters.